The van der Waals surface area contributed by atoms with Gasteiger partial charge in [-0.3, -0.25) is 0 Å². The normalized spacial score (nSPS) is 11.8. The fourth-order valence-corrected chi connectivity index (χ4v) is 7.40. The van der Waals surface area contributed by atoms with E-state index < -0.39 is 0 Å². The van der Waals surface area contributed by atoms with Gasteiger partial charge >= 0.3 is 0 Å². The molecule has 2 heterocycles. The van der Waals surface area contributed by atoms with Gasteiger partial charge in [0.2, 0.25) is 0 Å². The summed E-state index contributed by atoms with van der Waals surface area (Å²) in [7, 11) is 0. The molecule has 0 saturated carbocycles. The van der Waals surface area contributed by atoms with Gasteiger partial charge in [0.15, 0.2) is 0 Å². The van der Waals surface area contributed by atoms with Gasteiger partial charge in [0.25, 0.3) is 0 Å². The average molecular weight is 613 g/mol. The summed E-state index contributed by atoms with van der Waals surface area (Å²) in [6.45, 7) is 0. The highest BCUT2D eigenvalue weighted by atomic mass is 16.3. The van der Waals surface area contributed by atoms with Crippen LogP contribution in [0.25, 0.3) is 99.2 Å². The van der Waals surface area contributed by atoms with Crippen LogP contribution in [-0.4, -0.2) is 0 Å². The summed E-state index contributed by atoms with van der Waals surface area (Å²) in [5.74, 6) is 0. The van der Waals surface area contributed by atoms with Crippen LogP contribution in [0.1, 0.15) is 0 Å². The standard InChI is InChI=1S/C46H28O2/c1-2-12-30(13-3-1)38-24-23-37(45-40-16-7-9-19-42(40)48-46(38)45)35-27-33(32-22-21-29-11-4-5-14-31(29)25-32)26-34(28-35)36-17-10-20-43-44(36)39-15-6-8-18-41(39)47-43/h1-28H. The Bertz CT molecular complexity index is 2830. The highest BCUT2D eigenvalue weighted by Gasteiger charge is 2.19. The fraction of sp³-hybridized carbons (Fsp3) is 0. The molecule has 224 valence electrons. The van der Waals surface area contributed by atoms with E-state index in [0.717, 1.165) is 82.8 Å². The number of benzene rings is 8. The van der Waals surface area contributed by atoms with E-state index >= 15 is 0 Å². The third-order valence-electron chi connectivity index (χ3n) is 9.65. The second-order valence-corrected chi connectivity index (χ2v) is 12.5. The molecule has 0 aliphatic rings. The first-order valence-corrected chi connectivity index (χ1v) is 16.3. The number of furan rings is 2. The monoisotopic (exact) mass is 612 g/mol. The first kappa shape index (κ1) is 26.8. The minimum absolute atomic E-state index is 0.887. The summed E-state index contributed by atoms with van der Waals surface area (Å²) in [4.78, 5) is 0. The van der Waals surface area contributed by atoms with Gasteiger partial charge < -0.3 is 8.83 Å². The lowest BCUT2D eigenvalue weighted by molar-refractivity contribution is 0.669. The van der Waals surface area contributed by atoms with Crippen molar-refractivity contribution in [2.24, 2.45) is 0 Å². The maximum Gasteiger partial charge on any atom is 0.143 e. The Balaban J connectivity index is 1.29. The number of hydrogen-bond donors (Lipinski definition) is 0. The molecule has 0 aliphatic heterocycles. The molecule has 0 N–H and O–H groups in total. The average Bonchev–Trinajstić information content (AvgIpc) is 3.74. The molecule has 0 radical (unpaired) electrons. The molecule has 0 saturated heterocycles. The van der Waals surface area contributed by atoms with Gasteiger partial charge in [-0.25, -0.2) is 0 Å². The Kier molecular flexibility index (Phi) is 5.91. The Labute approximate surface area is 277 Å². The summed E-state index contributed by atoms with van der Waals surface area (Å²) in [6, 6.07) is 60.4. The summed E-state index contributed by atoms with van der Waals surface area (Å²) in [5, 5.41) is 6.95. The van der Waals surface area contributed by atoms with Crippen LogP contribution in [0.3, 0.4) is 0 Å². The van der Waals surface area contributed by atoms with Crippen LogP contribution in [0.5, 0.6) is 0 Å². The highest BCUT2D eigenvalue weighted by Crippen LogP contribution is 2.45. The third kappa shape index (κ3) is 4.20. The van der Waals surface area contributed by atoms with E-state index in [0.29, 0.717) is 0 Å². The molecule has 0 unspecified atom stereocenters. The van der Waals surface area contributed by atoms with Crippen molar-refractivity contribution < 1.29 is 8.83 Å². The molecule has 10 rings (SSSR count). The molecule has 8 aromatic carbocycles. The van der Waals surface area contributed by atoms with Gasteiger partial charge in [0.1, 0.15) is 22.3 Å². The van der Waals surface area contributed by atoms with E-state index in [9.17, 15) is 0 Å². The predicted molar refractivity (Wildman–Crippen MR) is 200 cm³/mol. The second-order valence-electron chi connectivity index (χ2n) is 12.5. The van der Waals surface area contributed by atoms with Crippen LogP contribution in [0.4, 0.5) is 0 Å². The van der Waals surface area contributed by atoms with Gasteiger partial charge in [0.05, 0.1) is 0 Å². The molecule has 0 amide bonds. The van der Waals surface area contributed by atoms with Gasteiger partial charge in [-0.05, 0) is 98.2 Å². The Morgan fingerprint density at radius 2 is 0.896 bits per heavy atom. The van der Waals surface area contributed by atoms with E-state index in [2.05, 4.69) is 152 Å². The molecule has 10 aromatic rings. The van der Waals surface area contributed by atoms with Crippen LogP contribution >= 0.6 is 0 Å². The van der Waals surface area contributed by atoms with Crippen LogP contribution < -0.4 is 0 Å². The first-order valence-electron chi connectivity index (χ1n) is 16.3. The molecule has 2 nitrogen and oxygen atoms in total. The quantitative estimate of drug-likeness (QED) is 0.198. The fourth-order valence-electron chi connectivity index (χ4n) is 7.40. The lowest BCUT2D eigenvalue weighted by atomic mass is 9.89. The molecular weight excluding hydrogens is 585 g/mol. The van der Waals surface area contributed by atoms with E-state index in [1.165, 1.54) is 16.3 Å². The highest BCUT2D eigenvalue weighted by molar-refractivity contribution is 6.17. The van der Waals surface area contributed by atoms with Crippen molar-refractivity contribution in [2.45, 2.75) is 0 Å². The lowest BCUT2D eigenvalue weighted by Crippen LogP contribution is -1.89. The minimum atomic E-state index is 0.887. The van der Waals surface area contributed by atoms with Crippen LogP contribution in [0.2, 0.25) is 0 Å². The van der Waals surface area contributed by atoms with Gasteiger partial charge in [0, 0.05) is 27.1 Å². The first-order chi connectivity index (χ1) is 23.8. The van der Waals surface area contributed by atoms with Crippen LogP contribution in [-0.2, 0) is 0 Å². The summed E-state index contributed by atoms with van der Waals surface area (Å²) in [6.07, 6.45) is 0. The number of hydrogen-bond acceptors (Lipinski definition) is 2. The Morgan fingerprint density at radius 3 is 1.71 bits per heavy atom. The number of rotatable bonds is 4. The second kappa shape index (κ2) is 10.6. The zero-order chi connectivity index (χ0) is 31.6. The molecular formula is C46H28O2. The van der Waals surface area contributed by atoms with Gasteiger partial charge in [-0.15, -0.1) is 0 Å². The molecule has 2 heteroatoms. The molecule has 48 heavy (non-hydrogen) atoms. The number of fused-ring (bicyclic) bond motifs is 7. The zero-order valence-electron chi connectivity index (χ0n) is 26.0. The van der Waals surface area contributed by atoms with Crippen molar-refractivity contribution >= 4 is 54.6 Å². The topological polar surface area (TPSA) is 26.3 Å². The lowest BCUT2D eigenvalue weighted by Gasteiger charge is -2.14. The van der Waals surface area contributed by atoms with Gasteiger partial charge in [-0.2, -0.15) is 0 Å². The molecule has 0 spiro atoms. The summed E-state index contributed by atoms with van der Waals surface area (Å²) < 4.78 is 13.0. The molecule has 2 aromatic heterocycles. The van der Waals surface area contributed by atoms with E-state index in [1.807, 2.05) is 18.2 Å². The van der Waals surface area contributed by atoms with Crippen LogP contribution in [0, 0.1) is 0 Å². The van der Waals surface area contributed by atoms with Crippen molar-refractivity contribution in [3.63, 3.8) is 0 Å². The summed E-state index contributed by atoms with van der Waals surface area (Å²) in [5.41, 5.74) is 12.7. The molecule has 0 aliphatic carbocycles. The zero-order valence-corrected chi connectivity index (χ0v) is 26.0. The largest absolute Gasteiger partial charge is 0.456 e. The Hall–Kier alpha value is -6.38. The Morgan fingerprint density at radius 1 is 0.292 bits per heavy atom. The third-order valence-corrected chi connectivity index (χ3v) is 9.65. The molecule has 0 atom stereocenters. The molecule has 0 fully saturated rings. The summed E-state index contributed by atoms with van der Waals surface area (Å²) >= 11 is 0. The van der Waals surface area contributed by atoms with Crippen molar-refractivity contribution in [1.82, 2.24) is 0 Å². The smallest absolute Gasteiger partial charge is 0.143 e. The van der Waals surface area contributed by atoms with Crippen LogP contribution in [0.15, 0.2) is 179 Å². The molecule has 0 bridgehead atoms. The van der Waals surface area contributed by atoms with E-state index in [-0.39, 0.29) is 0 Å². The minimum Gasteiger partial charge on any atom is -0.456 e. The predicted octanol–water partition coefficient (Wildman–Crippen LogP) is 13.3. The van der Waals surface area contributed by atoms with Crippen molar-refractivity contribution in [3.8, 4) is 44.5 Å². The SMILES string of the molecule is c1ccc(-c2ccc(-c3cc(-c4ccc5ccccc5c4)cc(-c4cccc5oc6ccccc6c45)c3)c3c2oc2ccccc23)cc1. The van der Waals surface area contributed by atoms with Gasteiger partial charge in [-0.1, -0.05) is 121 Å². The maximum absolute atomic E-state index is 6.66. The van der Waals surface area contributed by atoms with E-state index in [4.69, 9.17) is 8.83 Å². The van der Waals surface area contributed by atoms with Crippen molar-refractivity contribution in [2.75, 3.05) is 0 Å². The maximum atomic E-state index is 6.66. The van der Waals surface area contributed by atoms with Crippen molar-refractivity contribution in [1.29, 1.82) is 0 Å². The number of para-hydroxylation sites is 2. The van der Waals surface area contributed by atoms with E-state index in [1.54, 1.807) is 0 Å². The van der Waals surface area contributed by atoms with Crippen molar-refractivity contribution in [3.05, 3.63) is 170 Å².